The Balaban J connectivity index is 1.57. The molecule has 0 saturated heterocycles. The third kappa shape index (κ3) is 7.06. The van der Waals surface area contributed by atoms with Crippen LogP contribution in [0.15, 0.2) is 59.5 Å². The molecule has 0 aliphatic carbocycles. The van der Waals surface area contributed by atoms with E-state index >= 15 is 0 Å². The molecule has 10 heteroatoms. The zero-order valence-corrected chi connectivity index (χ0v) is 20.1. The molecule has 0 bridgehead atoms. The lowest BCUT2D eigenvalue weighted by Gasteiger charge is -2.15. The summed E-state index contributed by atoms with van der Waals surface area (Å²) >= 11 is 12.5. The Morgan fingerprint density at radius 2 is 1.73 bits per heavy atom. The van der Waals surface area contributed by atoms with Crippen LogP contribution in [0.4, 0.5) is 4.39 Å². The Morgan fingerprint density at radius 3 is 2.36 bits per heavy atom. The molecule has 3 aromatic rings. The van der Waals surface area contributed by atoms with E-state index in [1.807, 2.05) is 6.07 Å². The second-order valence-electron chi connectivity index (χ2n) is 7.25. The smallest absolute Gasteiger partial charge is 0.238 e. The topological polar surface area (TPSA) is 90.6 Å². The van der Waals surface area contributed by atoms with E-state index in [-0.39, 0.29) is 16.5 Å². The maximum absolute atomic E-state index is 13.2. The molecule has 0 amide bonds. The fraction of sp³-hybridized carbons (Fsp3) is 0.217. The van der Waals surface area contributed by atoms with E-state index in [0.717, 1.165) is 11.1 Å². The number of nitrogens with two attached hydrogens (primary N) is 1. The van der Waals surface area contributed by atoms with Crippen LogP contribution >= 0.6 is 23.2 Å². The van der Waals surface area contributed by atoms with Gasteiger partial charge in [0, 0.05) is 12.1 Å². The van der Waals surface area contributed by atoms with Crippen molar-refractivity contribution >= 4 is 33.2 Å². The first-order chi connectivity index (χ1) is 15.7. The van der Waals surface area contributed by atoms with Crippen molar-refractivity contribution in [2.75, 3.05) is 13.7 Å². The summed E-state index contributed by atoms with van der Waals surface area (Å²) < 4.78 is 47.1. The van der Waals surface area contributed by atoms with Gasteiger partial charge in [-0.25, -0.2) is 17.9 Å². The average Bonchev–Trinajstić information content (AvgIpc) is 2.76. The summed E-state index contributed by atoms with van der Waals surface area (Å²) in [5.74, 6) is 0.422. The van der Waals surface area contributed by atoms with Crippen molar-refractivity contribution in [2.45, 2.75) is 24.5 Å². The van der Waals surface area contributed by atoms with Crippen LogP contribution in [0.5, 0.6) is 11.5 Å². The summed E-state index contributed by atoms with van der Waals surface area (Å²) in [5, 5.41) is 9.07. The minimum absolute atomic E-state index is 0.0879. The zero-order chi connectivity index (χ0) is 24.0. The number of methoxy groups -OCH3 is 1. The summed E-state index contributed by atoms with van der Waals surface area (Å²) in [4.78, 5) is 0.0879. The quantitative estimate of drug-likeness (QED) is 0.384. The van der Waals surface area contributed by atoms with Crippen LogP contribution in [-0.4, -0.2) is 22.1 Å². The summed E-state index contributed by atoms with van der Waals surface area (Å²) in [5.41, 5.74) is 2.50. The van der Waals surface area contributed by atoms with E-state index in [0.29, 0.717) is 41.6 Å². The van der Waals surface area contributed by atoms with Gasteiger partial charge in [-0.1, -0.05) is 41.4 Å². The van der Waals surface area contributed by atoms with Crippen LogP contribution in [-0.2, 0) is 29.6 Å². The molecule has 0 heterocycles. The van der Waals surface area contributed by atoms with Crippen LogP contribution in [0.3, 0.4) is 0 Å². The number of benzene rings is 3. The Kier molecular flexibility index (Phi) is 8.56. The molecule has 0 radical (unpaired) electrons. The molecular weight excluding hydrogens is 490 g/mol. The van der Waals surface area contributed by atoms with Crippen molar-refractivity contribution in [3.63, 3.8) is 0 Å². The minimum Gasteiger partial charge on any atom is -0.493 e. The monoisotopic (exact) mass is 512 g/mol. The second kappa shape index (κ2) is 11.2. The predicted octanol–water partition coefficient (Wildman–Crippen LogP) is 4.70. The van der Waals surface area contributed by atoms with Crippen molar-refractivity contribution < 1.29 is 22.3 Å². The van der Waals surface area contributed by atoms with Gasteiger partial charge in [0.15, 0.2) is 11.5 Å². The highest BCUT2D eigenvalue weighted by atomic mass is 35.5. The number of nitrogens with one attached hydrogen (secondary N) is 1. The molecule has 0 atom stereocenters. The van der Waals surface area contributed by atoms with E-state index in [9.17, 15) is 12.8 Å². The van der Waals surface area contributed by atoms with Crippen LogP contribution in [0.2, 0.25) is 10.0 Å². The maximum atomic E-state index is 13.2. The Hall–Kier alpha value is -2.36. The normalized spacial score (nSPS) is 11.4. The summed E-state index contributed by atoms with van der Waals surface area (Å²) in [7, 11) is -2.17. The van der Waals surface area contributed by atoms with Gasteiger partial charge < -0.3 is 14.8 Å². The Bertz CT molecular complexity index is 1220. The molecule has 0 saturated carbocycles. The first kappa shape index (κ1) is 25.3. The number of hydrogen-bond donors (Lipinski definition) is 2. The van der Waals surface area contributed by atoms with Crippen molar-refractivity contribution in [2.24, 2.45) is 5.14 Å². The molecule has 6 nitrogen and oxygen atoms in total. The number of rotatable bonds is 10. The number of hydrogen-bond acceptors (Lipinski definition) is 5. The molecule has 3 rings (SSSR count). The predicted molar refractivity (Wildman–Crippen MR) is 127 cm³/mol. The number of sulfonamides is 1. The molecule has 0 unspecified atom stereocenters. The fourth-order valence-corrected chi connectivity index (χ4v) is 4.14. The summed E-state index contributed by atoms with van der Waals surface area (Å²) in [6, 6.07) is 14.1. The lowest BCUT2D eigenvalue weighted by Crippen LogP contribution is -2.17. The van der Waals surface area contributed by atoms with Gasteiger partial charge in [-0.3, -0.25) is 0 Å². The van der Waals surface area contributed by atoms with Crippen molar-refractivity contribution in [1.29, 1.82) is 0 Å². The molecule has 176 valence electrons. The van der Waals surface area contributed by atoms with Gasteiger partial charge in [0.05, 0.1) is 22.1 Å². The highest BCUT2D eigenvalue weighted by Gasteiger charge is 2.14. The lowest BCUT2D eigenvalue weighted by atomic mass is 10.1. The minimum atomic E-state index is -3.69. The molecular formula is C23H23Cl2FN2O4S. The zero-order valence-electron chi connectivity index (χ0n) is 17.8. The van der Waals surface area contributed by atoms with Crippen molar-refractivity contribution in [1.82, 2.24) is 5.32 Å². The van der Waals surface area contributed by atoms with Gasteiger partial charge in [0.2, 0.25) is 10.0 Å². The first-order valence-corrected chi connectivity index (χ1v) is 12.2. The van der Waals surface area contributed by atoms with Gasteiger partial charge in [-0.05, 0) is 60.5 Å². The summed E-state index contributed by atoms with van der Waals surface area (Å²) in [6.45, 7) is 1.31. The SMILES string of the molecule is COc1cc(CNCCc2ccc(S(N)(=O)=O)cc2)cc(Cl)c1OCc1ccc(F)cc1Cl. The molecule has 0 aliphatic rings. The molecule has 0 spiro atoms. The molecule has 3 aromatic carbocycles. The van der Waals surface area contributed by atoms with E-state index in [1.54, 1.807) is 24.3 Å². The van der Waals surface area contributed by atoms with Gasteiger partial charge in [-0.15, -0.1) is 0 Å². The van der Waals surface area contributed by atoms with E-state index in [4.69, 9.17) is 37.8 Å². The van der Waals surface area contributed by atoms with E-state index in [1.165, 1.54) is 31.4 Å². The van der Waals surface area contributed by atoms with E-state index < -0.39 is 15.8 Å². The van der Waals surface area contributed by atoms with E-state index in [2.05, 4.69) is 5.32 Å². The number of ether oxygens (including phenoxy) is 2. The third-order valence-electron chi connectivity index (χ3n) is 4.85. The molecule has 0 aromatic heterocycles. The summed E-state index contributed by atoms with van der Waals surface area (Å²) in [6.07, 6.45) is 0.704. The number of halogens is 3. The first-order valence-electron chi connectivity index (χ1n) is 9.93. The fourth-order valence-electron chi connectivity index (χ4n) is 3.12. The molecule has 0 aliphatic heterocycles. The van der Waals surface area contributed by atoms with Gasteiger partial charge in [0.25, 0.3) is 0 Å². The van der Waals surface area contributed by atoms with Crippen LogP contribution < -0.4 is 19.9 Å². The van der Waals surface area contributed by atoms with Crippen LogP contribution in [0.25, 0.3) is 0 Å². The van der Waals surface area contributed by atoms with Gasteiger partial charge in [-0.2, -0.15) is 0 Å². The van der Waals surface area contributed by atoms with Crippen molar-refractivity contribution in [3.8, 4) is 11.5 Å². The largest absolute Gasteiger partial charge is 0.493 e. The van der Waals surface area contributed by atoms with Crippen molar-refractivity contribution in [3.05, 3.63) is 87.2 Å². The Labute approximate surface area is 202 Å². The second-order valence-corrected chi connectivity index (χ2v) is 9.62. The van der Waals surface area contributed by atoms with Gasteiger partial charge in [0.1, 0.15) is 12.4 Å². The maximum Gasteiger partial charge on any atom is 0.238 e. The lowest BCUT2D eigenvalue weighted by molar-refractivity contribution is 0.284. The van der Waals surface area contributed by atoms with Gasteiger partial charge >= 0.3 is 0 Å². The van der Waals surface area contributed by atoms with Crippen LogP contribution in [0.1, 0.15) is 16.7 Å². The molecule has 3 N–H and O–H groups in total. The molecule has 0 fully saturated rings. The van der Waals surface area contributed by atoms with Crippen LogP contribution in [0, 0.1) is 5.82 Å². The average molecular weight is 513 g/mol. The standard InChI is InChI=1S/C23H23Cl2FN2O4S/c1-31-22-11-16(13-28-9-8-15-2-6-19(7-3-15)33(27,29)30)10-21(25)23(22)32-14-17-4-5-18(26)12-20(17)24/h2-7,10-12,28H,8-9,13-14H2,1H3,(H2,27,29,30). The highest BCUT2D eigenvalue weighted by Crippen LogP contribution is 2.37. The molecule has 33 heavy (non-hydrogen) atoms. The highest BCUT2D eigenvalue weighted by molar-refractivity contribution is 7.89. The third-order valence-corrected chi connectivity index (χ3v) is 6.41. The number of primary sulfonamides is 1. The Morgan fingerprint density at radius 1 is 1.00 bits per heavy atom.